The van der Waals surface area contributed by atoms with E-state index < -0.39 is 17.3 Å². The van der Waals surface area contributed by atoms with Crippen LogP contribution in [0.1, 0.15) is 18.4 Å². The van der Waals surface area contributed by atoms with Crippen molar-refractivity contribution in [1.82, 2.24) is 0 Å². The van der Waals surface area contributed by atoms with Crippen molar-refractivity contribution in [1.29, 1.82) is 0 Å². The summed E-state index contributed by atoms with van der Waals surface area (Å²) >= 11 is 0. The van der Waals surface area contributed by atoms with Crippen LogP contribution in [0, 0.1) is 0 Å². The number of hydrogen-bond acceptors (Lipinski definition) is 4. The van der Waals surface area contributed by atoms with Crippen LogP contribution in [0.2, 0.25) is 0 Å². The van der Waals surface area contributed by atoms with Crippen molar-refractivity contribution in [2.24, 2.45) is 5.73 Å². The van der Waals surface area contributed by atoms with Gasteiger partial charge in [0.1, 0.15) is 17.0 Å². The van der Waals surface area contributed by atoms with E-state index in [9.17, 15) is 18.0 Å². The first-order chi connectivity index (χ1) is 12.8. The quantitative estimate of drug-likeness (QED) is 0.843. The van der Waals surface area contributed by atoms with Crippen LogP contribution in [-0.4, -0.2) is 24.7 Å². The third-order valence-electron chi connectivity index (χ3n) is 4.37. The number of alkyl halides is 3. The molecule has 2 aromatic rings. The van der Waals surface area contributed by atoms with Gasteiger partial charge in [-0.05, 0) is 49.2 Å². The molecule has 0 aromatic heterocycles. The molecule has 1 aliphatic heterocycles. The lowest BCUT2D eigenvalue weighted by Crippen LogP contribution is -2.54. The second-order valence-corrected chi connectivity index (χ2v) is 6.34. The highest BCUT2D eigenvalue weighted by Crippen LogP contribution is 2.38. The number of amides is 1. The summed E-state index contributed by atoms with van der Waals surface area (Å²) in [6, 6.07) is 11.0. The molecule has 0 unspecified atom stereocenters. The summed E-state index contributed by atoms with van der Waals surface area (Å²) in [6.45, 7) is 0.852. The Kier molecular flexibility index (Phi) is 5.38. The zero-order valence-corrected chi connectivity index (χ0v) is 14.4. The third kappa shape index (κ3) is 4.58. The standard InChI is InChI=1S/C19H19F3N2O3/c20-19(21,22)15-3-1-2-4-16(15)27-14-7-5-13(6-8-14)24-17(25)18(23)9-11-26-12-10-18/h1-8H,9-12,23H2,(H,24,25). The second-order valence-electron chi connectivity index (χ2n) is 6.34. The molecule has 0 radical (unpaired) electrons. The fourth-order valence-electron chi connectivity index (χ4n) is 2.74. The van der Waals surface area contributed by atoms with E-state index in [4.69, 9.17) is 15.2 Å². The third-order valence-corrected chi connectivity index (χ3v) is 4.37. The number of carbonyl (C=O) groups is 1. The molecule has 3 N–H and O–H groups in total. The van der Waals surface area contributed by atoms with Crippen molar-refractivity contribution in [2.45, 2.75) is 24.6 Å². The first-order valence-corrected chi connectivity index (χ1v) is 8.40. The van der Waals surface area contributed by atoms with Crippen LogP contribution in [0.3, 0.4) is 0 Å². The van der Waals surface area contributed by atoms with Crippen molar-refractivity contribution < 1.29 is 27.4 Å². The molecule has 0 saturated carbocycles. The zero-order valence-electron chi connectivity index (χ0n) is 14.4. The van der Waals surface area contributed by atoms with E-state index in [2.05, 4.69) is 5.32 Å². The highest BCUT2D eigenvalue weighted by molar-refractivity contribution is 5.98. The van der Waals surface area contributed by atoms with Gasteiger partial charge in [0.25, 0.3) is 0 Å². The fourth-order valence-corrected chi connectivity index (χ4v) is 2.74. The van der Waals surface area contributed by atoms with Crippen molar-refractivity contribution in [3.05, 3.63) is 54.1 Å². The number of hydrogen-bond donors (Lipinski definition) is 2. The largest absolute Gasteiger partial charge is 0.457 e. The highest BCUT2D eigenvalue weighted by atomic mass is 19.4. The molecule has 144 valence electrons. The van der Waals surface area contributed by atoms with E-state index in [1.807, 2.05) is 0 Å². The molecule has 0 aliphatic carbocycles. The van der Waals surface area contributed by atoms with Gasteiger partial charge in [-0.2, -0.15) is 13.2 Å². The SMILES string of the molecule is NC1(C(=O)Nc2ccc(Oc3ccccc3C(F)(F)F)cc2)CCOCC1. The Morgan fingerprint density at radius 2 is 1.70 bits per heavy atom. The molecule has 27 heavy (non-hydrogen) atoms. The Hall–Kier alpha value is -2.58. The van der Waals surface area contributed by atoms with Crippen LogP contribution in [0.5, 0.6) is 11.5 Å². The van der Waals surface area contributed by atoms with Crippen LogP contribution in [0.15, 0.2) is 48.5 Å². The molecule has 1 heterocycles. The number of nitrogens with two attached hydrogens (primary N) is 1. The molecule has 0 bridgehead atoms. The minimum absolute atomic E-state index is 0.221. The smallest absolute Gasteiger partial charge is 0.419 e. The average molecular weight is 380 g/mol. The van der Waals surface area contributed by atoms with Crippen LogP contribution >= 0.6 is 0 Å². The van der Waals surface area contributed by atoms with Crippen molar-refractivity contribution in [2.75, 3.05) is 18.5 Å². The molecule has 0 atom stereocenters. The molecule has 1 amide bonds. The number of halogens is 3. The first-order valence-electron chi connectivity index (χ1n) is 8.40. The zero-order chi connectivity index (χ0) is 19.5. The monoisotopic (exact) mass is 380 g/mol. The van der Waals surface area contributed by atoms with Gasteiger partial charge in [-0.25, -0.2) is 0 Å². The predicted molar refractivity (Wildman–Crippen MR) is 93.6 cm³/mol. The Morgan fingerprint density at radius 3 is 2.33 bits per heavy atom. The van der Waals surface area contributed by atoms with E-state index in [0.717, 1.165) is 6.07 Å². The van der Waals surface area contributed by atoms with Gasteiger partial charge in [0.15, 0.2) is 0 Å². The minimum atomic E-state index is -4.51. The van der Waals surface area contributed by atoms with Crippen LogP contribution in [-0.2, 0) is 15.7 Å². The van der Waals surface area contributed by atoms with Gasteiger partial charge in [-0.1, -0.05) is 12.1 Å². The van der Waals surface area contributed by atoms with E-state index >= 15 is 0 Å². The van der Waals surface area contributed by atoms with Gasteiger partial charge >= 0.3 is 6.18 Å². The van der Waals surface area contributed by atoms with E-state index in [1.54, 1.807) is 12.1 Å². The predicted octanol–water partition coefficient (Wildman–Crippen LogP) is 3.94. The molecule has 5 nitrogen and oxygen atoms in total. The molecule has 8 heteroatoms. The maximum absolute atomic E-state index is 13.0. The molecule has 1 saturated heterocycles. The number of anilines is 1. The molecule has 1 fully saturated rings. The summed E-state index contributed by atoms with van der Waals surface area (Å²) in [7, 11) is 0. The van der Waals surface area contributed by atoms with Crippen LogP contribution in [0.4, 0.5) is 18.9 Å². The first kappa shape index (κ1) is 19.2. The lowest BCUT2D eigenvalue weighted by Gasteiger charge is -2.31. The number of ether oxygens (including phenoxy) is 2. The summed E-state index contributed by atoms with van der Waals surface area (Å²) in [6.07, 6.45) is -3.66. The Balaban J connectivity index is 1.69. The number of benzene rings is 2. The van der Waals surface area contributed by atoms with E-state index in [1.165, 1.54) is 30.3 Å². The Bertz CT molecular complexity index is 801. The van der Waals surface area contributed by atoms with Gasteiger partial charge in [-0.3, -0.25) is 4.79 Å². The number of rotatable bonds is 4. The Labute approximate surface area is 154 Å². The van der Waals surface area contributed by atoms with Crippen LogP contribution < -0.4 is 15.8 Å². The van der Waals surface area contributed by atoms with Gasteiger partial charge in [-0.15, -0.1) is 0 Å². The fraction of sp³-hybridized carbons (Fsp3) is 0.316. The molecule has 0 spiro atoms. The summed E-state index contributed by atoms with van der Waals surface area (Å²) < 4.78 is 49.6. The molecular formula is C19H19F3N2O3. The van der Waals surface area contributed by atoms with E-state index in [0.29, 0.717) is 31.7 Å². The number of carbonyl (C=O) groups excluding carboxylic acids is 1. The normalized spacial score (nSPS) is 16.6. The molecular weight excluding hydrogens is 361 g/mol. The average Bonchev–Trinajstić information content (AvgIpc) is 2.63. The molecule has 1 aliphatic rings. The maximum Gasteiger partial charge on any atom is 0.419 e. The van der Waals surface area contributed by atoms with Crippen molar-refractivity contribution >= 4 is 11.6 Å². The number of nitrogens with one attached hydrogen (secondary N) is 1. The topological polar surface area (TPSA) is 73.6 Å². The molecule has 2 aromatic carbocycles. The van der Waals surface area contributed by atoms with Gasteiger partial charge in [0, 0.05) is 18.9 Å². The summed E-state index contributed by atoms with van der Waals surface area (Å²) in [5, 5.41) is 2.72. The minimum Gasteiger partial charge on any atom is -0.457 e. The van der Waals surface area contributed by atoms with Gasteiger partial charge in [0.2, 0.25) is 5.91 Å². The lowest BCUT2D eigenvalue weighted by molar-refractivity contribution is -0.138. The summed E-state index contributed by atoms with van der Waals surface area (Å²) in [5.74, 6) is -0.384. The lowest BCUT2D eigenvalue weighted by atomic mass is 9.90. The number of para-hydroxylation sites is 1. The highest BCUT2D eigenvalue weighted by Gasteiger charge is 2.36. The maximum atomic E-state index is 13.0. The second kappa shape index (κ2) is 7.58. The van der Waals surface area contributed by atoms with E-state index in [-0.39, 0.29) is 17.4 Å². The van der Waals surface area contributed by atoms with Gasteiger partial charge < -0.3 is 20.5 Å². The van der Waals surface area contributed by atoms with Gasteiger partial charge in [0.05, 0.1) is 5.56 Å². The summed E-state index contributed by atoms with van der Waals surface area (Å²) in [4.78, 5) is 12.4. The van der Waals surface area contributed by atoms with Crippen LogP contribution in [0.25, 0.3) is 0 Å². The van der Waals surface area contributed by atoms with Crippen molar-refractivity contribution in [3.63, 3.8) is 0 Å². The summed E-state index contributed by atoms with van der Waals surface area (Å²) in [5.41, 5.74) is 4.75. The molecule has 3 rings (SSSR count). The van der Waals surface area contributed by atoms with Crippen molar-refractivity contribution in [3.8, 4) is 11.5 Å². The Morgan fingerprint density at radius 1 is 1.07 bits per heavy atom.